The van der Waals surface area contributed by atoms with E-state index in [1.807, 2.05) is 39.0 Å². The fraction of sp³-hybridized carbons (Fsp3) is 0.562. The molecule has 0 bridgehead atoms. The number of amides is 1. The van der Waals surface area contributed by atoms with Gasteiger partial charge in [0.05, 0.1) is 5.54 Å². The molecule has 0 radical (unpaired) electrons. The summed E-state index contributed by atoms with van der Waals surface area (Å²) >= 11 is 0. The molecule has 0 aliphatic carbocycles. The van der Waals surface area contributed by atoms with E-state index in [9.17, 15) is 4.79 Å². The van der Waals surface area contributed by atoms with Crippen LogP contribution in [0.3, 0.4) is 0 Å². The molecule has 0 fully saturated rings. The number of carbonyl (C=O) groups excluding carboxylic acids is 1. The minimum atomic E-state index is -0.540. The van der Waals surface area contributed by atoms with Gasteiger partial charge in [-0.05, 0) is 44.5 Å². The summed E-state index contributed by atoms with van der Waals surface area (Å²) < 4.78 is 11.0. The highest BCUT2D eigenvalue weighted by atomic mass is 16.6. The molecule has 0 atom stereocenters. The second-order valence-electron chi connectivity index (χ2n) is 5.64. The van der Waals surface area contributed by atoms with Crippen LogP contribution >= 0.6 is 0 Å². The smallest absolute Gasteiger partial charge is 0.239 e. The molecule has 21 heavy (non-hydrogen) atoms. The van der Waals surface area contributed by atoms with E-state index in [0.717, 1.165) is 30.0 Å². The minimum Gasteiger partial charge on any atom is -0.486 e. The van der Waals surface area contributed by atoms with E-state index in [2.05, 4.69) is 10.6 Å². The van der Waals surface area contributed by atoms with Crippen LogP contribution in [0, 0.1) is 0 Å². The molecular formula is C16H24N2O3. The van der Waals surface area contributed by atoms with Crippen LogP contribution in [0.25, 0.3) is 0 Å². The van der Waals surface area contributed by atoms with Crippen LogP contribution in [0.4, 0.5) is 0 Å². The lowest BCUT2D eigenvalue weighted by Crippen LogP contribution is -2.52. The lowest BCUT2D eigenvalue weighted by Gasteiger charge is -2.24. The topological polar surface area (TPSA) is 59.6 Å². The predicted molar refractivity (Wildman–Crippen MR) is 81.9 cm³/mol. The number of carbonyl (C=O) groups is 1. The molecule has 0 aromatic heterocycles. The van der Waals surface area contributed by atoms with Crippen molar-refractivity contribution in [1.29, 1.82) is 0 Å². The quantitative estimate of drug-likeness (QED) is 0.834. The van der Waals surface area contributed by atoms with Gasteiger partial charge in [-0.1, -0.05) is 13.0 Å². The molecule has 1 aromatic rings. The summed E-state index contributed by atoms with van der Waals surface area (Å²) in [5.41, 5.74) is 0.586. The molecule has 1 aromatic carbocycles. The summed E-state index contributed by atoms with van der Waals surface area (Å²) in [6.45, 7) is 8.32. The van der Waals surface area contributed by atoms with Crippen LogP contribution in [0.1, 0.15) is 26.3 Å². The Labute approximate surface area is 126 Å². The van der Waals surface area contributed by atoms with E-state index in [4.69, 9.17) is 9.47 Å². The van der Waals surface area contributed by atoms with Crippen molar-refractivity contribution in [1.82, 2.24) is 10.6 Å². The summed E-state index contributed by atoms with van der Waals surface area (Å²) in [5, 5.41) is 6.13. The Hall–Kier alpha value is -1.75. The lowest BCUT2D eigenvalue weighted by atomic mass is 10.0. The summed E-state index contributed by atoms with van der Waals surface area (Å²) in [5.74, 6) is 1.60. The van der Waals surface area contributed by atoms with Crippen LogP contribution in [0.2, 0.25) is 0 Å². The molecule has 2 rings (SSSR count). The number of hydrogen-bond acceptors (Lipinski definition) is 4. The Morgan fingerprint density at radius 1 is 1.24 bits per heavy atom. The molecule has 1 aliphatic rings. The zero-order chi connectivity index (χ0) is 15.3. The number of benzene rings is 1. The monoisotopic (exact) mass is 292 g/mol. The molecule has 0 saturated carbocycles. The first-order chi connectivity index (χ1) is 10.0. The van der Waals surface area contributed by atoms with Crippen molar-refractivity contribution in [3.8, 4) is 11.5 Å². The van der Waals surface area contributed by atoms with Gasteiger partial charge < -0.3 is 20.1 Å². The Kier molecular flexibility index (Phi) is 5.07. The van der Waals surface area contributed by atoms with Crippen LogP contribution in [-0.4, -0.2) is 37.7 Å². The molecule has 1 heterocycles. The second kappa shape index (κ2) is 6.80. The van der Waals surface area contributed by atoms with Crippen molar-refractivity contribution in [2.45, 2.75) is 32.7 Å². The van der Waals surface area contributed by atoms with Gasteiger partial charge in [0.25, 0.3) is 0 Å². The zero-order valence-electron chi connectivity index (χ0n) is 13.0. The van der Waals surface area contributed by atoms with Gasteiger partial charge in [-0.3, -0.25) is 4.79 Å². The van der Waals surface area contributed by atoms with Crippen LogP contribution in [0.15, 0.2) is 18.2 Å². The van der Waals surface area contributed by atoms with E-state index in [1.165, 1.54) is 0 Å². The highest BCUT2D eigenvalue weighted by molar-refractivity contribution is 5.85. The van der Waals surface area contributed by atoms with Crippen LogP contribution < -0.4 is 20.1 Å². The molecular weight excluding hydrogens is 268 g/mol. The summed E-state index contributed by atoms with van der Waals surface area (Å²) in [4.78, 5) is 12.1. The number of fused-ring (bicyclic) bond motifs is 1. The Bertz CT molecular complexity index is 500. The third-order valence-corrected chi connectivity index (χ3v) is 3.49. The summed E-state index contributed by atoms with van der Waals surface area (Å²) in [7, 11) is 0. The fourth-order valence-electron chi connectivity index (χ4n) is 2.31. The number of rotatable bonds is 6. The SMILES string of the molecule is CCNC(C)(C)C(=O)NCCc1ccc2c(c1)OCCO2. The largest absolute Gasteiger partial charge is 0.486 e. The van der Waals surface area contributed by atoms with E-state index in [1.54, 1.807) is 0 Å². The molecule has 1 aliphatic heterocycles. The first kappa shape index (κ1) is 15.6. The van der Waals surface area contributed by atoms with Crippen molar-refractivity contribution in [3.05, 3.63) is 23.8 Å². The highest BCUT2D eigenvalue weighted by Crippen LogP contribution is 2.30. The van der Waals surface area contributed by atoms with Crippen molar-refractivity contribution in [2.75, 3.05) is 26.3 Å². The number of hydrogen-bond donors (Lipinski definition) is 2. The van der Waals surface area contributed by atoms with Crippen molar-refractivity contribution in [2.24, 2.45) is 0 Å². The summed E-state index contributed by atoms with van der Waals surface area (Å²) in [6, 6.07) is 5.92. The van der Waals surface area contributed by atoms with E-state index >= 15 is 0 Å². The van der Waals surface area contributed by atoms with E-state index < -0.39 is 5.54 Å². The third-order valence-electron chi connectivity index (χ3n) is 3.49. The van der Waals surface area contributed by atoms with E-state index in [-0.39, 0.29) is 5.91 Å². The standard InChI is InChI=1S/C16H24N2O3/c1-4-18-16(2,3)15(19)17-8-7-12-5-6-13-14(11-12)21-10-9-20-13/h5-6,11,18H,4,7-10H2,1-3H3,(H,17,19). The second-order valence-corrected chi connectivity index (χ2v) is 5.64. The van der Waals surface area contributed by atoms with Crippen molar-refractivity contribution >= 4 is 5.91 Å². The minimum absolute atomic E-state index is 0.0156. The molecule has 0 saturated heterocycles. The van der Waals surface area contributed by atoms with Crippen molar-refractivity contribution < 1.29 is 14.3 Å². The molecule has 0 spiro atoms. The summed E-state index contributed by atoms with van der Waals surface area (Å²) in [6.07, 6.45) is 0.768. The van der Waals surface area contributed by atoms with Gasteiger partial charge in [0, 0.05) is 6.54 Å². The van der Waals surface area contributed by atoms with Gasteiger partial charge >= 0.3 is 0 Å². The van der Waals surface area contributed by atoms with Gasteiger partial charge in [0.15, 0.2) is 11.5 Å². The molecule has 2 N–H and O–H groups in total. The molecule has 1 amide bonds. The van der Waals surface area contributed by atoms with E-state index in [0.29, 0.717) is 19.8 Å². The van der Waals surface area contributed by atoms with Gasteiger partial charge in [0.2, 0.25) is 5.91 Å². The fourth-order valence-corrected chi connectivity index (χ4v) is 2.31. The number of nitrogens with one attached hydrogen (secondary N) is 2. The van der Waals surface area contributed by atoms with Crippen molar-refractivity contribution in [3.63, 3.8) is 0 Å². The first-order valence-corrected chi connectivity index (χ1v) is 7.45. The first-order valence-electron chi connectivity index (χ1n) is 7.45. The Balaban J connectivity index is 1.85. The zero-order valence-corrected chi connectivity index (χ0v) is 13.0. The molecule has 5 nitrogen and oxygen atoms in total. The molecule has 0 unspecified atom stereocenters. The maximum atomic E-state index is 12.1. The van der Waals surface area contributed by atoms with Gasteiger partial charge in [-0.2, -0.15) is 0 Å². The van der Waals surface area contributed by atoms with Gasteiger partial charge in [-0.15, -0.1) is 0 Å². The maximum Gasteiger partial charge on any atom is 0.239 e. The Morgan fingerprint density at radius 3 is 2.67 bits per heavy atom. The average Bonchev–Trinajstić information content (AvgIpc) is 2.47. The normalized spacial score (nSPS) is 13.9. The van der Waals surface area contributed by atoms with Gasteiger partial charge in [-0.25, -0.2) is 0 Å². The van der Waals surface area contributed by atoms with Crippen LogP contribution in [-0.2, 0) is 11.2 Å². The lowest BCUT2D eigenvalue weighted by molar-refractivity contribution is -0.126. The predicted octanol–water partition coefficient (Wildman–Crippen LogP) is 1.50. The highest BCUT2D eigenvalue weighted by Gasteiger charge is 2.25. The number of ether oxygens (including phenoxy) is 2. The number of likely N-dealkylation sites (N-methyl/N-ethyl adjacent to an activating group) is 1. The molecule has 116 valence electrons. The van der Waals surface area contributed by atoms with Gasteiger partial charge in [0.1, 0.15) is 13.2 Å². The van der Waals surface area contributed by atoms with Crippen LogP contribution in [0.5, 0.6) is 11.5 Å². The Morgan fingerprint density at radius 2 is 1.95 bits per heavy atom. The maximum absolute atomic E-state index is 12.1. The molecule has 5 heteroatoms. The average molecular weight is 292 g/mol. The third kappa shape index (κ3) is 4.11.